The Morgan fingerprint density at radius 3 is 2.47 bits per heavy atom. The monoisotopic (exact) mass is 232 g/mol. The Hall–Kier alpha value is -0.860. The van der Waals surface area contributed by atoms with E-state index in [1.807, 2.05) is 0 Å². The molecule has 2 nitrogen and oxygen atoms in total. The third-order valence-electron chi connectivity index (χ3n) is 3.53. The normalized spacial score (nSPS) is 15.5. The number of nitrogens with one attached hydrogen (secondary N) is 1. The summed E-state index contributed by atoms with van der Waals surface area (Å²) in [5.74, 6) is 0. The molecule has 17 heavy (non-hydrogen) atoms. The average Bonchev–Trinajstić information content (AvgIpc) is 3.19. The zero-order valence-corrected chi connectivity index (χ0v) is 11.1. The van der Waals surface area contributed by atoms with E-state index in [-0.39, 0.29) is 0 Å². The second kappa shape index (κ2) is 6.18. The van der Waals surface area contributed by atoms with Gasteiger partial charge in [0.15, 0.2) is 0 Å². The molecule has 0 spiro atoms. The lowest BCUT2D eigenvalue weighted by Gasteiger charge is -2.21. The summed E-state index contributed by atoms with van der Waals surface area (Å²) < 4.78 is 0. The van der Waals surface area contributed by atoms with Crippen molar-refractivity contribution in [2.24, 2.45) is 0 Å². The molecule has 1 aromatic carbocycles. The molecule has 1 N–H and O–H groups in total. The van der Waals surface area contributed by atoms with Gasteiger partial charge >= 0.3 is 0 Å². The van der Waals surface area contributed by atoms with Gasteiger partial charge in [-0.25, -0.2) is 0 Å². The molecule has 1 aliphatic rings. The van der Waals surface area contributed by atoms with Crippen LogP contribution in [0.3, 0.4) is 0 Å². The van der Waals surface area contributed by atoms with E-state index in [4.69, 9.17) is 0 Å². The van der Waals surface area contributed by atoms with Crippen LogP contribution >= 0.6 is 0 Å². The highest BCUT2D eigenvalue weighted by Crippen LogP contribution is 2.28. The van der Waals surface area contributed by atoms with Gasteiger partial charge in [-0.3, -0.25) is 4.90 Å². The SMILES string of the molecule is CCNCc1ccccc1CN(CC)C1CC1. The fourth-order valence-corrected chi connectivity index (χ4v) is 2.30. The van der Waals surface area contributed by atoms with E-state index < -0.39 is 0 Å². The van der Waals surface area contributed by atoms with Gasteiger partial charge in [0.1, 0.15) is 0 Å². The van der Waals surface area contributed by atoms with E-state index in [1.165, 1.54) is 30.5 Å². The fraction of sp³-hybridized carbons (Fsp3) is 0.600. The third-order valence-corrected chi connectivity index (χ3v) is 3.53. The maximum atomic E-state index is 3.42. The van der Waals surface area contributed by atoms with Crippen LogP contribution in [0.2, 0.25) is 0 Å². The minimum absolute atomic E-state index is 0.854. The summed E-state index contributed by atoms with van der Waals surface area (Å²) in [7, 11) is 0. The largest absolute Gasteiger partial charge is 0.313 e. The number of hydrogen-bond donors (Lipinski definition) is 1. The molecule has 94 valence electrons. The zero-order chi connectivity index (χ0) is 12.1. The first-order valence-corrected chi connectivity index (χ1v) is 6.86. The van der Waals surface area contributed by atoms with E-state index >= 15 is 0 Å². The van der Waals surface area contributed by atoms with Gasteiger partial charge in [-0.15, -0.1) is 0 Å². The van der Waals surface area contributed by atoms with Crippen LogP contribution in [0.25, 0.3) is 0 Å². The second-order valence-corrected chi connectivity index (χ2v) is 4.84. The van der Waals surface area contributed by atoms with Crippen molar-refractivity contribution in [2.45, 2.75) is 45.8 Å². The fourth-order valence-electron chi connectivity index (χ4n) is 2.30. The molecule has 1 fully saturated rings. The van der Waals surface area contributed by atoms with Gasteiger partial charge in [-0.1, -0.05) is 38.1 Å². The molecule has 2 heteroatoms. The zero-order valence-electron chi connectivity index (χ0n) is 11.1. The smallest absolute Gasteiger partial charge is 0.0239 e. The molecule has 0 heterocycles. The van der Waals surface area contributed by atoms with Crippen molar-refractivity contribution in [3.63, 3.8) is 0 Å². The quantitative estimate of drug-likeness (QED) is 0.777. The second-order valence-electron chi connectivity index (χ2n) is 4.84. The summed E-state index contributed by atoms with van der Waals surface area (Å²) in [6.07, 6.45) is 2.78. The lowest BCUT2D eigenvalue weighted by Crippen LogP contribution is -2.26. The standard InChI is InChI=1S/C15H24N2/c1-3-16-11-13-7-5-6-8-14(13)12-17(4-2)15-9-10-15/h5-8,15-16H,3-4,9-12H2,1-2H3. The van der Waals surface area contributed by atoms with Gasteiger partial charge in [0.2, 0.25) is 0 Å². The Bertz CT molecular complexity index is 345. The minimum atomic E-state index is 0.854. The van der Waals surface area contributed by atoms with Gasteiger partial charge in [0.05, 0.1) is 0 Å². The van der Waals surface area contributed by atoms with Gasteiger partial charge in [0.25, 0.3) is 0 Å². The molecular formula is C15H24N2. The number of rotatable bonds is 7. The van der Waals surface area contributed by atoms with Crippen molar-refractivity contribution in [2.75, 3.05) is 13.1 Å². The summed E-state index contributed by atoms with van der Waals surface area (Å²) in [5, 5.41) is 3.42. The Balaban J connectivity index is 2.02. The molecule has 0 aliphatic heterocycles. The van der Waals surface area contributed by atoms with Crippen molar-refractivity contribution in [3.8, 4) is 0 Å². The summed E-state index contributed by atoms with van der Waals surface area (Å²) in [4.78, 5) is 2.60. The first-order valence-electron chi connectivity index (χ1n) is 6.86. The molecule has 2 rings (SSSR count). The molecule has 0 atom stereocenters. The molecule has 0 unspecified atom stereocenters. The maximum absolute atomic E-state index is 3.42. The molecule has 0 bridgehead atoms. The first kappa shape index (κ1) is 12.6. The molecule has 0 amide bonds. The Labute approximate surface area is 105 Å². The van der Waals surface area contributed by atoms with Crippen LogP contribution in [-0.2, 0) is 13.1 Å². The van der Waals surface area contributed by atoms with Crippen LogP contribution in [0.4, 0.5) is 0 Å². The molecule has 1 aliphatic carbocycles. The predicted molar refractivity (Wildman–Crippen MR) is 72.9 cm³/mol. The van der Waals surface area contributed by atoms with Gasteiger partial charge in [0, 0.05) is 19.1 Å². The average molecular weight is 232 g/mol. The topological polar surface area (TPSA) is 15.3 Å². The highest BCUT2D eigenvalue weighted by atomic mass is 15.2. The highest BCUT2D eigenvalue weighted by molar-refractivity contribution is 5.27. The van der Waals surface area contributed by atoms with Crippen molar-refractivity contribution in [3.05, 3.63) is 35.4 Å². The highest BCUT2D eigenvalue weighted by Gasteiger charge is 2.27. The Kier molecular flexibility index (Phi) is 4.57. The lowest BCUT2D eigenvalue weighted by molar-refractivity contribution is 0.268. The minimum Gasteiger partial charge on any atom is -0.313 e. The summed E-state index contributed by atoms with van der Waals surface area (Å²) in [6.45, 7) is 8.74. The van der Waals surface area contributed by atoms with Crippen LogP contribution in [0.5, 0.6) is 0 Å². The van der Waals surface area contributed by atoms with Crippen LogP contribution in [0.1, 0.15) is 37.8 Å². The van der Waals surface area contributed by atoms with Crippen LogP contribution in [0, 0.1) is 0 Å². The molecule has 0 saturated heterocycles. The van der Waals surface area contributed by atoms with Gasteiger partial charge in [-0.05, 0) is 37.1 Å². The Morgan fingerprint density at radius 1 is 1.18 bits per heavy atom. The van der Waals surface area contributed by atoms with Crippen LogP contribution in [0.15, 0.2) is 24.3 Å². The Morgan fingerprint density at radius 2 is 1.88 bits per heavy atom. The predicted octanol–water partition coefficient (Wildman–Crippen LogP) is 2.78. The molecule has 1 aromatic rings. The van der Waals surface area contributed by atoms with Crippen molar-refractivity contribution < 1.29 is 0 Å². The molecule has 1 saturated carbocycles. The van der Waals surface area contributed by atoms with E-state index in [0.29, 0.717) is 0 Å². The molecule has 0 radical (unpaired) electrons. The van der Waals surface area contributed by atoms with Crippen LogP contribution in [-0.4, -0.2) is 24.0 Å². The van der Waals surface area contributed by atoms with Crippen molar-refractivity contribution in [1.29, 1.82) is 0 Å². The summed E-state index contributed by atoms with van der Waals surface area (Å²) >= 11 is 0. The summed E-state index contributed by atoms with van der Waals surface area (Å²) in [6, 6.07) is 9.68. The van der Waals surface area contributed by atoms with Crippen LogP contribution < -0.4 is 5.32 Å². The number of benzene rings is 1. The summed E-state index contributed by atoms with van der Waals surface area (Å²) in [5.41, 5.74) is 2.94. The molecule has 0 aromatic heterocycles. The van der Waals surface area contributed by atoms with E-state index in [9.17, 15) is 0 Å². The molecular weight excluding hydrogens is 208 g/mol. The van der Waals surface area contributed by atoms with Crippen molar-refractivity contribution in [1.82, 2.24) is 10.2 Å². The van der Waals surface area contributed by atoms with E-state index in [0.717, 1.165) is 25.7 Å². The maximum Gasteiger partial charge on any atom is 0.0239 e. The van der Waals surface area contributed by atoms with Gasteiger partial charge < -0.3 is 5.32 Å². The number of nitrogens with zero attached hydrogens (tertiary/aromatic N) is 1. The lowest BCUT2D eigenvalue weighted by atomic mass is 10.1. The van der Waals surface area contributed by atoms with E-state index in [2.05, 4.69) is 48.3 Å². The van der Waals surface area contributed by atoms with Gasteiger partial charge in [-0.2, -0.15) is 0 Å². The van der Waals surface area contributed by atoms with E-state index in [1.54, 1.807) is 0 Å². The number of hydrogen-bond acceptors (Lipinski definition) is 2. The third kappa shape index (κ3) is 3.55. The van der Waals surface area contributed by atoms with Crippen molar-refractivity contribution >= 4 is 0 Å². The first-order chi connectivity index (χ1) is 8.35.